The standard InChI is InChI=1S/C31H33NO5/c1-7-37-23-13-9-12-22(16-23)32-28(21-11-8-10-19(4)14-21)27(30(34)31(32)35)29(33)25-17-24(18(2)3)26(36-6)15-20(25)5/h8-18,28,33H,7H2,1-6H3/b29-27+. The zero-order chi connectivity index (χ0) is 26.9. The maximum absolute atomic E-state index is 13.6. The highest BCUT2D eigenvalue weighted by Crippen LogP contribution is 2.44. The van der Waals surface area contributed by atoms with Gasteiger partial charge in [-0.25, -0.2) is 0 Å². The van der Waals surface area contributed by atoms with Gasteiger partial charge in [0.1, 0.15) is 17.3 Å². The molecule has 6 nitrogen and oxygen atoms in total. The lowest BCUT2D eigenvalue weighted by atomic mass is 9.90. The van der Waals surface area contributed by atoms with Gasteiger partial charge in [0.05, 0.1) is 25.3 Å². The second-order valence-corrected chi connectivity index (χ2v) is 9.58. The van der Waals surface area contributed by atoms with Crippen LogP contribution in [0.1, 0.15) is 60.5 Å². The number of aryl methyl sites for hydroxylation is 2. The molecule has 1 aliphatic heterocycles. The average molecular weight is 500 g/mol. The van der Waals surface area contributed by atoms with E-state index in [1.807, 2.05) is 71.0 Å². The predicted octanol–water partition coefficient (Wildman–Crippen LogP) is 6.46. The number of anilines is 1. The van der Waals surface area contributed by atoms with Crippen LogP contribution in [0.3, 0.4) is 0 Å². The van der Waals surface area contributed by atoms with Crippen LogP contribution in [0, 0.1) is 13.8 Å². The lowest BCUT2D eigenvalue weighted by Gasteiger charge is -2.26. The number of nitrogens with zero attached hydrogens (tertiary/aromatic N) is 1. The van der Waals surface area contributed by atoms with Crippen molar-refractivity contribution in [2.24, 2.45) is 0 Å². The molecular weight excluding hydrogens is 466 g/mol. The molecule has 1 N–H and O–H groups in total. The molecule has 37 heavy (non-hydrogen) atoms. The number of amides is 1. The van der Waals surface area contributed by atoms with Crippen molar-refractivity contribution in [3.8, 4) is 11.5 Å². The highest BCUT2D eigenvalue weighted by atomic mass is 16.5. The van der Waals surface area contributed by atoms with Crippen LogP contribution in [-0.4, -0.2) is 30.5 Å². The van der Waals surface area contributed by atoms with Gasteiger partial charge in [-0.2, -0.15) is 0 Å². The largest absolute Gasteiger partial charge is 0.507 e. The van der Waals surface area contributed by atoms with Crippen molar-refractivity contribution in [1.82, 2.24) is 0 Å². The number of ether oxygens (including phenoxy) is 2. The molecule has 0 aromatic heterocycles. The van der Waals surface area contributed by atoms with Gasteiger partial charge < -0.3 is 14.6 Å². The summed E-state index contributed by atoms with van der Waals surface area (Å²) in [5.74, 6) is -0.192. The van der Waals surface area contributed by atoms with Crippen LogP contribution in [0.2, 0.25) is 0 Å². The monoisotopic (exact) mass is 499 g/mol. The van der Waals surface area contributed by atoms with Gasteiger partial charge in [-0.15, -0.1) is 0 Å². The van der Waals surface area contributed by atoms with Gasteiger partial charge in [0.2, 0.25) is 0 Å². The summed E-state index contributed by atoms with van der Waals surface area (Å²) in [6.45, 7) is 10.2. The Hall–Kier alpha value is -4.06. The van der Waals surface area contributed by atoms with Crippen LogP contribution in [0.25, 0.3) is 5.76 Å². The summed E-state index contributed by atoms with van der Waals surface area (Å²) in [6, 6.07) is 17.7. The molecule has 1 fully saturated rings. The molecule has 192 valence electrons. The Balaban J connectivity index is 1.98. The summed E-state index contributed by atoms with van der Waals surface area (Å²) in [4.78, 5) is 28.5. The summed E-state index contributed by atoms with van der Waals surface area (Å²) in [5.41, 5.74) is 4.44. The number of carbonyl (C=O) groups is 2. The number of aliphatic hydroxyl groups excluding tert-OH is 1. The third kappa shape index (κ3) is 4.84. The second kappa shape index (κ2) is 10.5. The lowest BCUT2D eigenvalue weighted by Crippen LogP contribution is -2.29. The van der Waals surface area contributed by atoms with Gasteiger partial charge in [0.25, 0.3) is 11.7 Å². The van der Waals surface area contributed by atoms with E-state index in [1.54, 1.807) is 31.4 Å². The Kier molecular flexibility index (Phi) is 7.39. The van der Waals surface area contributed by atoms with E-state index >= 15 is 0 Å². The Morgan fingerprint density at radius 3 is 2.41 bits per heavy atom. The van der Waals surface area contributed by atoms with Crippen molar-refractivity contribution >= 4 is 23.1 Å². The van der Waals surface area contributed by atoms with Crippen LogP contribution in [-0.2, 0) is 9.59 Å². The Labute approximate surface area is 218 Å². The lowest BCUT2D eigenvalue weighted by molar-refractivity contribution is -0.132. The highest BCUT2D eigenvalue weighted by molar-refractivity contribution is 6.51. The fourth-order valence-electron chi connectivity index (χ4n) is 4.87. The van der Waals surface area contributed by atoms with Crippen molar-refractivity contribution in [2.75, 3.05) is 18.6 Å². The molecule has 1 saturated heterocycles. The third-order valence-corrected chi connectivity index (χ3v) is 6.66. The molecule has 1 aliphatic rings. The number of hydrogen-bond donors (Lipinski definition) is 1. The smallest absolute Gasteiger partial charge is 0.300 e. The van der Waals surface area contributed by atoms with Gasteiger partial charge in [-0.05, 0) is 67.6 Å². The zero-order valence-electron chi connectivity index (χ0n) is 22.2. The number of Topliss-reactive ketones (excluding diaryl/α,β-unsaturated/α-hetero) is 1. The summed E-state index contributed by atoms with van der Waals surface area (Å²) < 4.78 is 11.2. The summed E-state index contributed by atoms with van der Waals surface area (Å²) in [6.07, 6.45) is 0. The Morgan fingerprint density at radius 1 is 1.03 bits per heavy atom. The Morgan fingerprint density at radius 2 is 1.76 bits per heavy atom. The van der Waals surface area contributed by atoms with E-state index in [4.69, 9.17) is 9.47 Å². The van der Waals surface area contributed by atoms with Crippen LogP contribution in [0.15, 0.2) is 66.2 Å². The Bertz CT molecular complexity index is 1390. The zero-order valence-corrected chi connectivity index (χ0v) is 22.2. The molecule has 0 spiro atoms. The fourth-order valence-corrected chi connectivity index (χ4v) is 4.87. The molecule has 0 aliphatic carbocycles. The summed E-state index contributed by atoms with van der Waals surface area (Å²) >= 11 is 0. The molecule has 1 heterocycles. The van der Waals surface area contributed by atoms with Gasteiger partial charge in [-0.3, -0.25) is 14.5 Å². The first-order chi connectivity index (χ1) is 17.7. The number of hydrogen-bond acceptors (Lipinski definition) is 5. The van der Waals surface area contributed by atoms with E-state index in [0.717, 1.165) is 22.3 Å². The SMILES string of the molecule is CCOc1cccc(N2C(=O)C(=O)/C(=C(/O)c3cc(C(C)C)c(OC)cc3C)C2c2cccc(C)c2)c1. The van der Waals surface area contributed by atoms with Crippen molar-refractivity contribution in [3.63, 3.8) is 0 Å². The van der Waals surface area contributed by atoms with E-state index in [1.165, 1.54) is 4.90 Å². The first kappa shape index (κ1) is 26.0. The summed E-state index contributed by atoms with van der Waals surface area (Å²) in [5, 5.41) is 11.7. The molecular formula is C31H33NO5. The molecule has 1 unspecified atom stereocenters. The van der Waals surface area contributed by atoms with Gasteiger partial charge in [0.15, 0.2) is 0 Å². The molecule has 3 aromatic rings. The molecule has 0 radical (unpaired) electrons. The van der Waals surface area contributed by atoms with Crippen LogP contribution in [0.5, 0.6) is 11.5 Å². The van der Waals surface area contributed by atoms with Crippen molar-refractivity contribution < 1.29 is 24.2 Å². The van der Waals surface area contributed by atoms with E-state index < -0.39 is 17.7 Å². The highest BCUT2D eigenvalue weighted by Gasteiger charge is 2.47. The molecule has 4 rings (SSSR count). The summed E-state index contributed by atoms with van der Waals surface area (Å²) in [7, 11) is 1.61. The van der Waals surface area contributed by atoms with Crippen molar-refractivity contribution in [3.05, 3.63) is 94.1 Å². The quantitative estimate of drug-likeness (QED) is 0.229. The molecule has 3 aromatic carbocycles. The van der Waals surface area contributed by atoms with E-state index in [-0.39, 0.29) is 17.3 Å². The predicted molar refractivity (Wildman–Crippen MR) is 145 cm³/mol. The molecule has 6 heteroatoms. The molecule has 1 amide bonds. The van der Waals surface area contributed by atoms with Crippen LogP contribution < -0.4 is 14.4 Å². The fraction of sp³-hybridized carbons (Fsp3) is 0.290. The first-order valence-corrected chi connectivity index (χ1v) is 12.5. The molecule has 1 atom stereocenters. The number of aliphatic hydroxyl groups is 1. The second-order valence-electron chi connectivity index (χ2n) is 9.58. The number of carbonyl (C=O) groups excluding carboxylic acids is 2. The number of rotatable bonds is 7. The van der Waals surface area contributed by atoms with E-state index in [0.29, 0.717) is 29.4 Å². The van der Waals surface area contributed by atoms with Gasteiger partial charge in [0, 0.05) is 17.3 Å². The number of ketones is 1. The van der Waals surface area contributed by atoms with Crippen molar-refractivity contribution in [2.45, 2.75) is 46.6 Å². The minimum Gasteiger partial charge on any atom is -0.507 e. The van der Waals surface area contributed by atoms with Crippen LogP contribution in [0.4, 0.5) is 5.69 Å². The molecule has 0 saturated carbocycles. The van der Waals surface area contributed by atoms with E-state index in [9.17, 15) is 14.7 Å². The average Bonchev–Trinajstić information content (AvgIpc) is 3.14. The van der Waals surface area contributed by atoms with E-state index in [2.05, 4.69) is 0 Å². The first-order valence-electron chi connectivity index (χ1n) is 12.5. The maximum atomic E-state index is 13.6. The third-order valence-electron chi connectivity index (χ3n) is 6.66. The number of benzene rings is 3. The van der Waals surface area contributed by atoms with Crippen LogP contribution >= 0.6 is 0 Å². The maximum Gasteiger partial charge on any atom is 0.300 e. The normalized spacial score (nSPS) is 16.9. The van der Waals surface area contributed by atoms with Crippen molar-refractivity contribution in [1.29, 1.82) is 0 Å². The van der Waals surface area contributed by atoms with Gasteiger partial charge in [-0.1, -0.05) is 49.7 Å². The minimum atomic E-state index is -0.805. The molecule has 0 bridgehead atoms. The minimum absolute atomic E-state index is 0.0559. The number of methoxy groups -OCH3 is 1. The topological polar surface area (TPSA) is 76.1 Å². The van der Waals surface area contributed by atoms with Gasteiger partial charge >= 0.3 is 0 Å².